The molecule has 0 heterocycles. The Balaban J connectivity index is 2.22. The number of carbonyl (C=O) groups is 3. The Morgan fingerprint density at radius 3 is 2.36 bits per heavy atom. The van der Waals surface area contributed by atoms with Crippen molar-refractivity contribution in [2.45, 2.75) is 6.92 Å². The lowest BCUT2D eigenvalue weighted by molar-refractivity contribution is -0.131. The predicted molar refractivity (Wildman–Crippen MR) is 96.0 cm³/mol. The van der Waals surface area contributed by atoms with Crippen LogP contribution in [-0.2, 0) is 9.59 Å². The fourth-order valence-electron chi connectivity index (χ4n) is 2.04. The number of carboxylic acid groups (broad SMARTS) is 1. The first-order chi connectivity index (χ1) is 11.9. The summed E-state index contributed by atoms with van der Waals surface area (Å²) in [6.45, 7) is 1.78. The lowest BCUT2D eigenvalue weighted by atomic mass is 10.1. The zero-order chi connectivity index (χ0) is 18.4. The molecule has 0 bridgehead atoms. The van der Waals surface area contributed by atoms with E-state index in [-0.39, 0.29) is 11.3 Å². The Kier molecular flexibility index (Phi) is 5.92. The average molecular weight is 359 g/mol. The number of anilines is 2. The summed E-state index contributed by atoms with van der Waals surface area (Å²) in [6.07, 6.45) is 1.59. The minimum Gasteiger partial charge on any atom is -0.478 e. The first-order valence-electron chi connectivity index (χ1n) is 7.26. The summed E-state index contributed by atoms with van der Waals surface area (Å²) < 4.78 is 0. The van der Waals surface area contributed by atoms with E-state index in [1.807, 2.05) is 0 Å². The summed E-state index contributed by atoms with van der Waals surface area (Å²) in [5.41, 5.74) is 1.78. The highest BCUT2D eigenvalue weighted by Gasteiger charge is 2.14. The molecule has 2 aromatic rings. The summed E-state index contributed by atoms with van der Waals surface area (Å²) in [5, 5.41) is 14.3. The first-order valence-corrected chi connectivity index (χ1v) is 7.63. The zero-order valence-electron chi connectivity index (χ0n) is 13.2. The van der Waals surface area contributed by atoms with Crippen LogP contribution in [0.3, 0.4) is 0 Å². The summed E-state index contributed by atoms with van der Waals surface area (Å²) in [6, 6.07) is 11.6. The number of halogens is 1. The molecule has 3 N–H and O–H groups in total. The van der Waals surface area contributed by atoms with Crippen molar-refractivity contribution in [2.75, 3.05) is 10.6 Å². The number of amides is 2. The third-order valence-corrected chi connectivity index (χ3v) is 3.73. The molecule has 0 unspecified atom stereocenters. The lowest BCUT2D eigenvalue weighted by Gasteiger charge is -2.12. The fraction of sp³-hybridized carbons (Fsp3) is 0.0556. The normalized spacial score (nSPS) is 10.5. The van der Waals surface area contributed by atoms with Gasteiger partial charge in [-0.25, -0.2) is 4.79 Å². The summed E-state index contributed by atoms with van der Waals surface area (Å²) in [4.78, 5) is 34.7. The van der Waals surface area contributed by atoms with E-state index in [1.165, 1.54) is 0 Å². The van der Waals surface area contributed by atoms with Gasteiger partial charge in [-0.05, 0) is 36.8 Å². The molecular weight excluding hydrogens is 344 g/mol. The third-order valence-electron chi connectivity index (χ3n) is 3.32. The van der Waals surface area contributed by atoms with E-state index in [0.717, 1.165) is 11.6 Å². The van der Waals surface area contributed by atoms with Crippen LogP contribution >= 0.6 is 11.6 Å². The Morgan fingerprint density at radius 2 is 1.64 bits per heavy atom. The van der Waals surface area contributed by atoms with E-state index < -0.39 is 17.8 Å². The largest absolute Gasteiger partial charge is 0.478 e. The summed E-state index contributed by atoms with van der Waals surface area (Å²) in [7, 11) is 0. The van der Waals surface area contributed by atoms with Crippen LogP contribution in [-0.4, -0.2) is 22.9 Å². The van der Waals surface area contributed by atoms with Gasteiger partial charge in [0, 0.05) is 22.9 Å². The van der Waals surface area contributed by atoms with E-state index in [2.05, 4.69) is 10.6 Å². The van der Waals surface area contributed by atoms with E-state index in [1.54, 1.807) is 49.4 Å². The SMILES string of the molecule is Cc1c(Cl)cccc1NC(=O)c1ccccc1NC(=O)C=CC(=O)O. The van der Waals surface area contributed by atoms with Crippen LogP contribution in [0.15, 0.2) is 54.6 Å². The summed E-state index contributed by atoms with van der Waals surface area (Å²) >= 11 is 6.04. The molecule has 25 heavy (non-hydrogen) atoms. The topological polar surface area (TPSA) is 95.5 Å². The highest BCUT2D eigenvalue weighted by molar-refractivity contribution is 6.31. The molecule has 0 saturated heterocycles. The molecule has 128 valence electrons. The van der Waals surface area contributed by atoms with Crippen molar-refractivity contribution < 1.29 is 19.5 Å². The average Bonchev–Trinajstić information content (AvgIpc) is 2.57. The maximum atomic E-state index is 12.5. The molecule has 0 fully saturated rings. The molecule has 0 atom stereocenters. The van der Waals surface area contributed by atoms with E-state index in [0.29, 0.717) is 16.8 Å². The molecule has 0 saturated carbocycles. The molecule has 0 aliphatic heterocycles. The molecule has 6 nitrogen and oxygen atoms in total. The molecule has 2 aromatic carbocycles. The number of carboxylic acids is 1. The smallest absolute Gasteiger partial charge is 0.328 e. The number of para-hydroxylation sites is 1. The molecule has 7 heteroatoms. The van der Waals surface area contributed by atoms with Crippen molar-refractivity contribution in [3.63, 3.8) is 0 Å². The number of carbonyl (C=O) groups excluding carboxylic acids is 2. The van der Waals surface area contributed by atoms with Gasteiger partial charge in [0.05, 0.1) is 11.3 Å². The van der Waals surface area contributed by atoms with Crippen LogP contribution in [0, 0.1) is 6.92 Å². The molecule has 0 aliphatic rings. The quantitative estimate of drug-likeness (QED) is 0.713. The first kappa shape index (κ1) is 18.2. The van der Waals surface area contributed by atoms with Crippen LogP contribution in [0.2, 0.25) is 5.02 Å². The van der Waals surface area contributed by atoms with Gasteiger partial charge in [-0.1, -0.05) is 29.8 Å². The molecule has 0 aliphatic carbocycles. The predicted octanol–water partition coefficient (Wildman–Crippen LogP) is 3.48. The molecule has 0 radical (unpaired) electrons. The minimum atomic E-state index is -1.24. The van der Waals surface area contributed by atoms with E-state index in [4.69, 9.17) is 16.7 Å². The van der Waals surface area contributed by atoms with Crippen molar-refractivity contribution in [1.29, 1.82) is 0 Å². The molecule has 2 amide bonds. The summed E-state index contributed by atoms with van der Waals surface area (Å²) in [5.74, 6) is -2.32. The standard InChI is InChI=1S/C18H15ClN2O4/c1-11-13(19)6-4-8-14(11)21-18(25)12-5-2-3-7-15(12)20-16(22)9-10-17(23)24/h2-10H,1H3,(H,20,22)(H,21,25)(H,23,24). The highest BCUT2D eigenvalue weighted by Crippen LogP contribution is 2.24. The zero-order valence-corrected chi connectivity index (χ0v) is 14.0. The number of nitrogens with one attached hydrogen (secondary N) is 2. The number of hydrogen-bond donors (Lipinski definition) is 3. The Bertz CT molecular complexity index is 862. The van der Waals surface area contributed by atoms with Crippen molar-refractivity contribution in [3.05, 3.63) is 70.8 Å². The molecular formula is C18H15ClN2O4. The number of benzene rings is 2. The van der Waals surface area contributed by atoms with Crippen LogP contribution in [0.1, 0.15) is 15.9 Å². The second kappa shape index (κ2) is 8.12. The van der Waals surface area contributed by atoms with Crippen LogP contribution < -0.4 is 10.6 Å². The maximum absolute atomic E-state index is 12.5. The Hall–Kier alpha value is -3.12. The van der Waals surface area contributed by atoms with Crippen LogP contribution in [0.4, 0.5) is 11.4 Å². The van der Waals surface area contributed by atoms with Gasteiger partial charge in [0.15, 0.2) is 0 Å². The van der Waals surface area contributed by atoms with Gasteiger partial charge in [-0.3, -0.25) is 9.59 Å². The lowest BCUT2D eigenvalue weighted by Crippen LogP contribution is -2.17. The van der Waals surface area contributed by atoms with Gasteiger partial charge in [-0.2, -0.15) is 0 Å². The second-order valence-corrected chi connectivity index (χ2v) is 5.48. The number of hydrogen-bond acceptors (Lipinski definition) is 3. The van der Waals surface area contributed by atoms with Gasteiger partial charge < -0.3 is 15.7 Å². The Morgan fingerprint density at radius 1 is 0.960 bits per heavy atom. The van der Waals surface area contributed by atoms with Gasteiger partial charge >= 0.3 is 5.97 Å². The number of aliphatic carboxylic acids is 1. The highest BCUT2D eigenvalue weighted by atomic mass is 35.5. The molecule has 0 aromatic heterocycles. The fourth-order valence-corrected chi connectivity index (χ4v) is 2.22. The maximum Gasteiger partial charge on any atom is 0.328 e. The van der Waals surface area contributed by atoms with Crippen LogP contribution in [0.25, 0.3) is 0 Å². The van der Waals surface area contributed by atoms with Crippen molar-refractivity contribution in [1.82, 2.24) is 0 Å². The van der Waals surface area contributed by atoms with Crippen LogP contribution in [0.5, 0.6) is 0 Å². The molecule has 0 spiro atoms. The van der Waals surface area contributed by atoms with E-state index >= 15 is 0 Å². The monoisotopic (exact) mass is 358 g/mol. The molecule has 2 rings (SSSR count). The van der Waals surface area contributed by atoms with Gasteiger partial charge in [-0.15, -0.1) is 0 Å². The number of rotatable bonds is 5. The van der Waals surface area contributed by atoms with Crippen molar-refractivity contribution >= 4 is 40.8 Å². The van der Waals surface area contributed by atoms with E-state index in [9.17, 15) is 14.4 Å². The third kappa shape index (κ3) is 4.92. The van der Waals surface area contributed by atoms with Crippen molar-refractivity contribution in [3.8, 4) is 0 Å². The Labute approximate surface area is 149 Å². The van der Waals surface area contributed by atoms with Gasteiger partial charge in [0.1, 0.15) is 0 Å². The minimum absolute atomic E-state index is 0.235. The van der Waals surface area contributed by atoms with Gasteiger partial charge in [0.2, 0.25) is 5.91 Å². The second-order valence-electron chi connectivity index (χ2n) is 5.07. The van der Waals surface area contributed by atoms with Gasteiger partial charge in [0.25, 0.3) is 5.91 Å². The van der Waals surface area contributed by atoms with Crippen molar-refractivity contribution in [2.24, 2.45) is 0 Å².